The molecule has 2 amide bonds. The van der Waals surface area contributed by atoms with Crippen molar-refractivity contribution in [1.29, 1.82) is 0 Å². The van der Waals surface area contributed by atoms with E-state index >= 15 is 0 Å². The lowest BCUT2D eigenvalue weighted by atomic mass is 9.76. The molecule has 3 atom stereocenters. The molecule has 0 saturated heterocycles. The minimum atomic E-state index is -0.757. The second-order valence-electron chi connectivity index (χ2n) is 12.6. The fraction of sp³-hybridized carbons (Fsp3) is 0.585. The largest absolute Gasteiger partial charge is 0.463 e. The van der Waals surface area contributed by atoms with Crippen molar-refractivity contribution in [2.45, 2.75) is 126 Å². The SMILES string of the molecule is CC.CC.CC1=CC=CC=CC1.CCOC(=O)/C(C)=C/[C@H](CC)N(C)C(=O)C(NC(=O)C(NC)C(C)(C)c1ccccc1)C(C)(C)C.CO. The van der Waals surface area contributed by atoms with E-state index in [1.807, 2.05) is 99.6 Å². The van der Waals surface area contributed by atoms with E-state index in [1.54, 1.807) is 38.9 Å². The van der Waals surface area contributed by atoms with Crippen molar-refractivity contribution < 1.29 is 24.2 Å². The van der Waals surface area contributed by atoms with Gasteiger partial charge in [0.05, 0.1) is 18.7 Å². The molecule has 1 aromatic carbocycles. The van der Waals surface area contributed by atoms with Gasteiger partial charge in [0, 0.05) is 25.1 Å². The second-order valence-corrected chi connectivity index (χ2v) is 12.6. The van der Waals surface area contributed by atoms with Gasteiger partial charge in [-0.05, 0) is 51.6 Å². The second kappa shape index (κ2) is 27.3. The van der Waals surface area contributed by atoms with Crippen molar-refractivity contribution in [3.8, 4) is 0 Å². The molecule has 1 aliphatic rings. The lowest BCUT2D eigenvalue weighted by Gasteiger charge is -2.39. The van der Waals surface area contributed by atoms with Gasteiger partial charge in [0.15, 0.2) is 0 Å². The predicted molar refractivity (Wildman–Crippen MR) is 208 cm³/mol. The Kier molecular flexibility index (Phi) is 27.8. The van der Waals surface area contributed by atoms with Gasteiger partial charge >= 0.3 is 5.97 Å². The first-order valence-corrected chi connectivity index (χ1v) is 17.7. The van der Waals surface area contributed by atoms with Gasteiger partial charge < -0.3 is 25.4 Å². The van der Waals surface area contributed by atoms with E-state index in [4.69, 9.17) is 9.84 Å². The van der Waals surface area contributed by atoms with Crippen LogP contribution in [0.4, 0.5) is 0 Å². The van der Waals surface area contributed by atoms with Gasteiger partial charge in [-0.1, -0.05) is 142 Å². The molecule has 280 valence electrons. The Bertz CT molecular complexity index is 1180. The van der Waals surface area contributed by atoms with Gasteiger partial charge in [-0.2, -0.15) is 0 Å². The smallest absolute Gasteiger partial charge is 0.333 e. The number of aliphatic hydroxyl groups is 1. The van der Waals surface area contributed by atoms with E-state index in [1.165, 1.54) is 5.57 Å². The van der Waals surface area contributed by atoms with Gasteiger partial charge in [-0.25, -0.2) is 4.79 Å². The molecule has 1 aromatic rings. The number of hydrogen-bond acceptors (Lipinski definition) is 6. The summed E-state index contributed by atoms with van der Waals surface area (Å²) in [5.74, 6) is -0.847. The van der Waals surface area contributed by atoms with Crippen molar-refractivity contribution in [3.63, 3.8) is 0 Å². The van der Waals surface area contributed by atoms with Gasteiger partial charge in [0.2, 0.25) is 11.8 Å². The van der Waals surface area contributed by atoms with E-state index < -0.39 is 28.9 Å². The summed E-state index contributed by atoms with van der Waals surface area (Å²) in [6.07, 6.45) is 14.0. The molecule has 1 aliphatic carbocycles. The molecule has 8 heteroatoms. The number of carbonyl (C=O) groups excluding carboxylic acids is 3. The van der Waals surface area contributed by atoms with Crippen LogP contribution < -0.4 is 10.6 Å². The fourth-order valence-corrected chi connectivity index (χ4v) is 4.88. The van der Waals surface area contributed by atoms with Crippen LogP contribution in [0.15, 0.2) is 77.9 Å². The molecule has 2 unspecified atom stereocenters. The van der Waals surface area contributed by atoms with Gasteiger partial charge in [-0.3, -0.25) is 9.59 Å². The molecule has 0 fully saturated rings. The van der Waals surface area contributed by atoms with Crippen LogP contribution in [0.1, 0.15) is 108 Å². The molecule has 0 bridgehead atoms. The van der Waals surface area contributed by atoms with Crippen molar-refractivity contribution >= 4 is 17.8 Å². The highest BCUT2D eigenvalue weighted by Gasteiger charge is 2.41. The molecular formula is C41H71N3O5. The number of likely N-dealkylation sites (N-methyl/N-ethyl adjacent to an activating group) is 2. The highest BCUT2D eigenvalue weighted by Crippen LogP contribution is 2.29. The number of aliphatic hydroxyl groups excluding tert-OH is 1. The van der Waals surface area contributed by atoms with Crippen LogP contribution in [0.3, 0.4) is 0 Å². The third kappa shape index (κ3) is 18.2. The molecule has 49 heavy (non-hydrogen) atoms. The lowest BCUT2D eigenvalue weighted by Crippen LogP contribution is -2.61. The van der Waals surface area contributed by atoms with E-state index in [0.717, 1.165) is 19.1 Å². The molecule has 0 aromatic heterocycles. The monoisotopic (exact) mass is 686 g/mol. The Hall–Kier alpha value is -3.49. The quantitative estimate of drug-likeness (QED) is 0.161. The highest BCUT2D eigenvalue weighted by molar-refractivity contribution is 5.92. The number of nitrogens with zero attached hydrogens (tertiary/aromatic N) is 1. The molecule has 0 saturated carbocycles. The van der Waals surface area contributed by atoms with Gasteiger partial charge in [0.25, 0.3) is 0 Å². The summed E-state index contributed by atoms with van der Waals surface area (Å²) in [4.78, 5) is 40.9. The van der Waals surface area contributed by atoms with E-state index in [0.29, 0.717) is 18.6 Å². The first kappa shape index (κ1) is 49.9. The maximum Gasteiger partial charge on any atom is 0.333 e. The van der Waals surface area contributed by atoms with Gasteiger partial charge in [-0.15, -0.1) is 0 Å². The first-order chi connectivity index (χ1) is 23.1. The normalized spacial score (nSPS) is 14.1. The Labute approximate surface area is 300 Å². The third-order valence-electron chi connectivity index (χ3n) is 7.67. The molecule has 0 radical (unpaired) electrons. The summed E-state index contributed by atoms with van der Waals surface area (Å²) in [6.45, 7) is 25.6. The minimum absolute atomic E-state index is 0.210. The maximum absolute atomic E-state index is 13.7. The molecular weight excluding hydrogens is 614 g/mol. The minimum Gasteiger partial charge on any atom is -0.463 e. The molecule has 0 heterocycles. The van der Waals surface area contributed by atoms with Crippen LogP contribution in [0, 0.1) is 5.41 Å². The topological polar surface area (TPSA) is 108 Å². The van der Waals surface area contributed by atoms with E-state index in [-0.39, 0.29) is 17.9 Å². The Morgan fingerprint density at radius 3 is 1.96 bits per heavy atom. The first-order valence-electron chi connectivity index (χ1n) is 17.7. The number of allylic oxidation sites excluding steroid dienone is 6. The van der Waals surface area contributed by atoms with Crippen LogP contribution in [-0.4, -0.2) is 73.7 Å². The van der Waals surface area contributed by atoms with Crippen LogP contribution in [0.5, 0.6) is 0 Å². The standard InChI is InChI=1S/C28H45N3O4.C8H10.2C2H6.CH4O/c1-11-21(18-19(3)26(34)35-12-2)31(10)25(33)23(27(4,5)6)30-24(32)22(29-9)28(7,8)20-16-14-13-15-17-20;1-8-6-4-2-3-5-7-8;3*1-2/h13-18,21-23,29H,11-12H2,1-10H3,(H,30,32);2-6H,7H2,1H3;2*1-2H3;2H,1H3/b19-18+;;;;/t21-,22?,23?;;;;/m0..../s1. The lowest BCUT2D eigenvalue weighted by molar-refractivity contribution is -0.140. The van der Waals surface area contributed by atoms with E-state index in [9.17, 15) is 14.4 Å². The molecule has 2 rings (SSSR count). The van der Waals surface area contributed by atoms with Crippen LogP contribution in [0.2, 0.25) is 0 Å². The van der Waals surface area contributed by atoms with Crippen molar-refractivity contribution in [3.05, 3.63) is 83.5 Å². The summed E-state index contributed by atoms with van der Waals surface area (Å²) in [6, 6.07) is 8.23. The Morgan fingerprint density at radius 1 is 0.939 bits per heavy atom. The number of esters is 1. The summed E-state index contributed by atoms with van der Waals surface area (Å²) in [5.41, 5.74) is 1.86. The van der Waals surface area contributed by atoms with Crippen molar-refractivity contribution in [1.82, 2.24) is 15.5 Å². The number of nitrogens with one attached hydrogen (secondary N) is 2. The molecule has 8 nitrogen and oxygen atoms in total. The summed E-state index contributed by atoms with van der Waals surface area (Å²) < 4.78 is 5.08. The molecule has 0 aliphatic heterocycles. The number of ether oxygens (including phenoxy) is 1. The molecule has 3 N–H and O–H groups in total. The van der Waals surface area contributed by atoms with Crippen molar-refractivity contribution in [2.75, 3.05) is 27.8 Å². The van der Waals surface area contributed by atoms with Crippen LogP contribution >= 0.6 is 0 Å². The zero-order valence-electron chi connectivity index (χ0n) is 33.7. The number of hydrogen-bond donors (Lipinski definition) is 3. The van der Waals surface area contributed by atoms with Crippen LogP contribution in [-0.2, 0) is 24.5 Å². The van der Waals surface area contributed by atoms with Crippen molar-refractivity contribution in [2.24, 2.45) is 5.41 Å². The highest BCUT2D eigenvalue weighted by atomic mass is 16.5. The number of benzene rings is 1. The number of rotatable bonds is 11. The van der Waals surface area contributed by atoms with Crippen LogP contribution in [0.25, 0.3) is 0 Å². The Morgan fingerprint density at radius 2 is 1.49 bits per heavy atom. The summed E-state index contributed by atoms with van der Waals surface area (Å²) in [5, 5.41) is 13.2. The maximum atomic E-state index is 13.7. The predicted octanol–water partition coefficient (Wildman–Crippen LogP) is 7.94. The number of carbonyl (C=O) groups is 3. The average Bonchev–Trinajstić information content (AvgIpc) is 3.35. The third-order valence-corrected chi connectivity index (χ3v) is 7.67. The summed E-state index contributed by atoms with van der Waals surface area (Å²) >= 11 is 0. The van der Waals surface area contributed by atoms with Gasteiger partial charge in [0.1, 0.15) is 6.04 Å². The zero-order valence-corrected chi connectivity index (χ0v) is 33.7. The van der Waals surface area contributed by atoms with E-state index in [2.05, 4.69) is 47.9 Å². The molecule has 0 spiro atoms. The fourth-order valence-electron chi connectivity index (χ4n) is 4.88. The zero-order chi connectivity index (χ0) is 38.8. The Balaban J connectivity index is -0.00000127. The summed E-state index contributed by atoms with van der Waals surface area (Å²) in [7, 11) is 4.46. The average molecular weight is 686 g/mol. The number of amides is 2.